The predicted octanol–water partition coefficient (Wildman–Crippen LogP) is 2.05. The van der Waals surface area contributed by atoms with Gasteiger partial charge in [-0.2, -0.15) is 0 Å². The number of rotatable bonds is 6. The number of fused-ring (bicyclic) bond motifs is 1. The SMILES string of the molecule is CCCOC1=N[C@@H](NC(C)CO)c2ncn(-c3ccccc3)c2N1. The van der Waals surface area contributed by atoms with Gasteiger partial charge in [-0.15, -0.1) is 0 Å². The second-order valence-electron chi connectivity index (χ2n) is 5.74. The first-order valence-corrected chi connectivity index (χ1v) is 8.20. The number of imidazole rings is 1. The van der Waals surface area contributed by atoms with Crippen LogP contribution in [0.1, 0.15) is 32.1 Å². The van der Waals surface area contributed by atoms with Crippen molar-refractivity contribution in [1.82, 2.24) is 14.9 Å². The number of aliphatic hydroxyl groups excluding tert-OH is 1. The van der Waals surface area contributed by atoms with Crippen molar-refractivity contribution in [2.24, 2.45) is 4.99 Å². The molecule has 2 aromatic rings. The van der Waals surface area contributed by atoms with Gasteiger partial charge in [-0.25, -0.2) is 9.98 Å². The number of aliphatic hydroxyl groups is 1. The summed E-state index contributed by atoms with van der Waals surface area (Å²) in [6, 6.07) is 10.3. The molecule has 3 N–H and O–H groups in total. The lowest BCUT2D eigenvalue weighted by Gasteiger charge is -2.25. The Labute approximate surface area is 141 Å². The van der Waals surface area contributed by atoms with E-state index in [-0.39, 0.29) is 18.8 Å². The molecule has 0 amide bonds. The van der Waals surface area contributed by atoms with E-state index in [1.54, 1.807) is 6.33 Å². The molecule has 0 bridgehead atoms. The topological polar surface area (TPSA) is 83.7 Å². The molecule has 0 fully saturated rings. The van der Waals surface area contributed by atoms with Crippen molar-refractivity contribution in [2.75, 3.05) is 18.5 Å². The van der Waals surface area contributed by atoms with Crippen LogP contribution in [0.5, 0.6) is 0 Å². The number of benzene rings is 1. The molecule has 1 aromatic heterocycles. The number of anilines is 1. The van der Waals surface area contributed by atoms with Gasteiger partial charge in [0.2, 0.25) is 0 Å². The van der Waals surface area contributed by atoms with Crippen LogP contribution in [0.2, 0.25) is 0 Å². The van der Waals surface area contributed by atoms with Crippen molar-refractivity contribution in [1.29, 1.82) is 0 Å². The summed E-state index contributed by atoms with van der Waals surface area (Å²) in [6.45, 7) is 4.56. The van der Waals surface area contributed by atoms with E-state index in [1.807, 2.05) is 48.7 Å². The van der Waals surface area contributed by atoms with Crippen LogP contribution in [0.4, 0.5) is 5.82 Å². The predicted molar refractivity (Wildman–Crippen MR) is 93.3 cm³/mol. The zero-order valence-electron chi connectivity index (χ0n) is 13.9. The molecule has 24 heavy (non-hydrogen) atoms. The maximum atomic E-state index is 9.32. The van der Waals surface area contributed by atoms with E-state index in [2.05, 4.69) is 20.6 Å². The van der Waals surface area contributed by atoms with Gasteiger partial charge in [0.1, 0.15) is 17.8 Å². The Morgan fingerprint density at radius 3 is 2.88 bits per heavy atom. The van der Waals surface area contributed by atoms with E-state index in [0.717, 1.165) is 23.6 Å². The molecule has 1 aliphatic heterocycles. The molecule has 7 heteroatoms. The number of para-hydroxylation sites is 1. The molecule has 2 heterocycles. The summed E-state index contributed by atoms with van der Waals surface area (Å²) in [4.78, 5) is 9.05. The molecular formula is C17H23N5O2. The molecule has 3 rings (SSSR count). The lowest BCUT2D eigenvalue weighted by Crippen LogP contribution is -2.36. The summed E-state index contributed by atoms with van der Waals surface area (Å²) in [5.74, 6) is 0.824. The van der Waals surface area contributed by atoms with Crippen molar-refractivity contribution < 1.29 is 9.84 Å². The summed E-state index contributed by atoms with van der Waals surface area (Å²) in [5.41, 5.74) is 1.78. The lowest BCUT2D eigenvalue weighted by atomic mass is 10.2. The van der Waals surface area contributed by atoms with Crippen LogP contribution in [0.15, 0.2) is 41.7 Å². The summed E-state index contributed by atoms with van der Waals surface area (Å²) >= 11 is 0. The van der Waals surface area contributed by atoms with Crippen molar-refractivity contribution in [3.05, 3.63) is 42.4 Å². The van der Waals surface area contributed by atoms with Crippen molar-refractivity contribution in [3.8, 4) is 5.69 Å². The second-order valence-corrected chi connectivity index (χ2v) is 5.74. The summed E-state index contributed by atoms with van der Waals surface area (Å²) in [6.07, 6.45) is 2.31. The molecule has 0 saturated heterocycles. The number of aliphatic imine (C=N–C) groups is 1. The minimum absolute atomic E-state index is 0.0271. The first-order valence-electron chi connectivity index (χ1n) is 8.20. The van der Waals surface area contributed by atoms with E-state index in [4.69, 9.17) is 4.74 Å². The Kier molecular flexibility index (Phi) is 5.12. The van der Waals surface area contributed by atoms with Crippen molar-refractivity contribution in [3.63, 3.8) is 0 Å². The summed E-state index contributed by atoms with van der Waals surface area (Å²) < 4.78 is 7.66. The van der Waals surface area contributed by atoms with Crippen LogP contribution in [-0.2, 0) is 4.74 Å². The number of hydrogen-bond donors (Lipinski definition) is 3. The van der Waals surface area contributed by atoms with E-state index in [0.29, 0.717) is 12.6 Å². The Morgan fingerprint density at radius 1 is 1.38 bits per heavy atom. The zero-order chi connectivity index (χ0) is 16.9. The van der Waals surface area contributed by atoms with Gasteiger partial charge in [0.25, 0.3) is 6.02 Å². The third kappa shape index (κ3) is 3.42. The van der Waals surface area contributed by atoms with Crippen LogP contribution in [0.3, 0.4) is 0 Å². The fourth-order valence-corrected chi connectivity index (χ4v) is 2.49. The Hall–Kier alpha value is -2.38. The minimum Gasteiger partial charge on any atom is -0.465 e. The van der Waals surface area contributed by atoms with Gasteiger partial charge >= 0.3 is 0 Å². The Morgan fingerprint density at radius 2 is 2.17 bits per heavy atom. The highest BCUT2D eigenvalue weighted by atomic mass is 16.5. The van der Waals surface area contributed by atoms with Gasteiger partial charge in [0.15, 0.2) is 6.17 Å². The highest BCUT2D eigenvalue weighted by Crippen LogP contribution is 2.30. The van der Waals surface area contributed by atoms with Crippen molar-refractivity contribution in [2.45, 2.75) is 32.5 Å². The number of nitrogens with zero attached hydrogens (tertiary/aromatic N) is 3. The number of ether oxygens (including phenoxy) is 1. The van der Waals surface area contributed by atoms with Gasteiger partial charge in [-0.05, 0) is 25.5 Å². The van der Waals surface area contributed by atoms with Crippen molar-refractivity contribution >= 4 is 11.8 Å². The average Bonchev–Trinajstić information content (AvgIpc) is 3.04. The fourth-order valence-electron chi connectivity index (χ4n) is 2.49. The Bertz CT molecular complexity index is 698. The zero-order valence-corrected chi connectivity index (χ0v) is 13.9. The molecule has 2 atom stereocenters. The number of aromatic nitrogens is 2. The van der Waals surface area contributed by atoms with Gasteiger partial charge < -0.3 is 9.84 Å². The first kappa shape index (κ1) is 16.5. The molecule has 0 spiro atoms. The minimum atomic E-state index is -0.361. The van der Waals surface area contributed by atoms with Gasteiger partial charge in [-0.3, -0.25) is 15.2 Å². The van der Waals surface area contributed by atoms with E-state index >= 15 is 0 Å². The van der Waals surface area contributed by atoms with Gasteiger partial charge in [0.05, 0.1) is 13.2 Å². The highest BCUT2D eigenvalue weighted by Gasteiger charge is 2.28. The molecule has 1 aliphatic rings. The van der Waals surface area contributed by atoms with Gasteiger partial charge in [-0.1, -0.05) is 25.1 Å². The molecule has 0 saturated carbocycles. The van der Waals surface area contributed by atoms with Crippen LogP contribution >= 0.6 is 0 Å². The smallest absolute Gasteiger partial charge is 0.292 e. The molecule has 7 nitrogen and oxygen atoms in total. The monoisotopic (exact) mass is 329 g/mol. The van der Waals surface area contributed by atoms with Crippen LogP contribution in [0.25, 0.3) is 5.69 Å². The Balaban J connectivity index is 1.94. The fraction of sp³-hybridized carbons (Fsp3) is 0.412. The number of hydrogen-bond acceptors (Lipinski definition) is 6. The first-order chi connectivity index (χ1) is 11.7. The molecule has 0 aliphatic carbocycles. The van der Waals surface area contributed by atoms with Crippen LogP contribution in [-0.4, -0.2) is 39.9 Å². The maximum absolute atomic E-state index is 9.32. The summed E-state index contributed by atoms with van der Waals surface area (Å²) in [7, 11) is 0. The molecular weight excluding hydrogens is 306 g/mol. The normalized spacial score (nSPS) is 17.6. The number of nitrogens with one attached hydrogen (secondary N) is 2. The highest BCUT2D eigenvalue weighted by molar-refractivity contribution is 5.91. The van der Waals surface area contributed by atoms with Crippen LogP contribution < -0.4 is 10.6 Å². The van der Waals surface area contributed by atoms with Gasteiger partial charge in [0, 0.05) is 11.7 Å². The standard InChI is InChI=1S/C17H23N5O2/c1-3-9-24-17-20-15(19-12(2)10-23)14-16(21-17)22(11-18-14)13-7-5-4-6-8-13/h4-8,11-12,15,19,23H,3,9-10H2,1-2H3,(H,20,21)/t12?,15-/m1/s1. The molecule has 1 aromatic carbocycles. The molecule has 128 valence electrons. The quantitative estimate of drug-likeness (QED) is 0.755. The molecule has 1 unspecified atom stereocenters. The lowest BCUT2D eigenvalue weighted by molar-refractivity contribution is 0.238. The number of amidine groups is 1. The summed E-state index contributed by atoms with van der Waals surface area (Å²) in [5, 5.41) is 15.8. The van der Waals surface area contributed by atoms with E-state index in [1.165, 1.54) is 0 Å². The molecule has 0 radical (unpaired) electrons. The second kappa shape index (κ2) is 7.46. The van der Waals surface area contributed by atoms with E-state index in [9.17, 15) is 5.11 Å². The van der Waals surface area contributed by atoms with Crippen LogP contribution in [0, 0.1) is 0 Å². The third-order valence-electron chi connectivity index (χ3n) is 3.72. The largest absolute Gasteiger partial charge is 0.465 e. The average molecular weight is 329 g/mol. The van der Waals surface area contributed by atoms with E-state index < -0.39 is 0 Å². The maximum Gasteiger partial charge on any atom is 0.292 e. The third-order valence-corrected chi connectivity index (χ3v) is 3.72.